The molecule has 0 bridgehead atoms. The first-order valence-corrected chi connectivity index (χ1v) is 10.6. The van der Waals surface area contributed by atoms with Gasteiger partial charge in [-0.15, -0.1) is 0 Å². The van der Waals surface area contributed by atoms with Gasteiger partial charge in [-0.05, 0) is 62.2 Å². The molecule has 1 saturated heterocycles. The molecule has 156 valence electrons. The molecule has 1 heterocycles. The van der Waals surface area contributed by atoms with Crippen LogP contribution < -0.4 is 0 Å². The van der Waals surface area contributed by atoms with E-state index in [-0.39, 0.29) is 11.9 Å². The third-order valence-electron chi connectivity index (χ3n) is 5.07. The number of ether oxygens (including phenoxy) is 2. The van der Waals surface area contributed by atoms with Crippen LogP contribution in [0.5, 0.6) is 0 Å². The quantitative estimate of drug-likeness (QED) is 0.403. The molecule has 1 unspecified atom stereocenters. The number of halogens is 1. The van der Waals surface area contributed by atoms with Crippen molar-refractivity contribution in [2.24, 2.45) is 5.16 Å². The first-order chi connectivity index (χ1) is 13.9. The van der Waals surface area contributed by atoms with Gasteiger partial charge >= 0.3 is 0 Å². The predicted octanol–water partition coefficient (Wildman–Crippen LogP) is 6.10. The molecule has 1 aliphatic rings. The first kappa shape index (κ1) is 21.8. The SMILES string of the molecule is COC1(c2cc(F)cc(Sc3ccc(C(C)ON=C(C)C)cc3)c2)CCOCC1. The van der Waals surface area contributed by atoms with Crippen molar-refractivity contribution in [1.82, 2.24) is 0 Å². The molecule has 0 saturated carbocycles. The number of rotatable bonds is 7. The maximum atomic E-state index is 14.4. The molecule has 29 heavy (non-hydrogen) atoms. The van der Waals surface area contributed by atoms with Gasteiger partial charge in [0.2, 0.25) is 0 Å². The van der Waals surface area contributed by atoms with E-state index in [4.69, 9.17) is 14.3 Å². The standard InChI is InChI=1S/C23H28FNO3S/c1-16(2)25-28-17(3)18-5-7-21(8-6-18)29-22-14-19(13-20(24)15-22)23(26-4)9-11-27-12-10-23/h5-8,13-15,17H,9-12H2,1-4H3. The van der Waals surface area contributed by atoms with Crippen LogP contribution in [0.3, 0.4) is 0 Å². The number of nitrogens with zero attached hydrogens (tertiary/aromatic N) is 1. The number of hydrogen-bond acceptors (Lipinski definition) is 5. The van der Waals surface area contributed by atoms with Gasteiger partial charge in [0.1, 0.15) is 11.9 Å². The van der Waals surface area contributed by atoms with Crippen LogP contribution in [0.25, 0.3) is 0 Å². The smallest absolute Gasteiger partial charge is 0.149 e. The van der Waals surface area contributed by atoms with E-state index in [1.165, 1.54) is 11.8 Å². The molecule has 0 aromatic heterocycles. The largest absolute Gasteiger partial charge is 0.388 e. The lowest BCUT2D eigenvalue weighted by molar-refractivity contribution is -0.0950. The predicted molar refractivity (Wildman–Crippen MR) is 114 cm³/mol. The monoisotopic (exact) mass is 417 g/mol. The van der Waals surface area contributed by atoms with Gasteiger partial charge < -0.3 is 14.3 Å². The minimum Gasteiger partial charge on any atom is -0.388 e. The van der Waals surface area contributed by atoms with Crippen molar-refractivity contribution in [3.05, 3.63) is 59.4 Å². The lowest BCUT2D eigenvalue weighted by Gasteiger charge is -2.36. The number of benzene rings is 2. The highest BCUT2D eigenvalue weighted by molar-refractivity contribution is 7.99. The number of hydrogen-bond donors (Lipinski definition) is 0. The normalized spacial score (nSPS) is 16.9. The molecule has 0 aliphatic carbocycles. The van der Waals surface area contributed by atoms with Gasteiger partial charge in [0, 0.05) is 43.0 Å². The Morgan fingerprint density at radius 2 is 1.79 bits per heavy atom. The Morgan fingerprint density at radius 3 is 2.41 bits per heavy atom. The maximum absolute atomic E-state index is 14.4. The van der Waals surface area contributed by atoms with Crippen LogP contribution in [-0.2, 0) is 19.9 Å². The van der Waals surface area contributed by atoms with Gasteiger partial charge in [0.15, 0.2) is 0 Å². The van der Waals surface area contributed by atoms with E-state index in [1.807, 2.05) is 51.1 Å². The van der Waals surface area contributed by atoms with Crippen molar-refractivity contribution in [2.45, 2.75) is 55.1 Å². The van der Waals surface area contributed by atoms with Crippen LogP contribution in [0.1, 0.15) is 50.8 Å². The second kappa shape index (κ2) is 9.74. The van der Waals surface area contributed by atoms with Crippen molar-refractivity contribution in [1.29, 1.82) is 0 Å². The Morgan fingerprint density at radius 1 is 1.10 bits per heavy atom. The Labute approximate surface area is 176 Å². The summed E-state index contributed by atoms with van der Waals surface area (Å²) in [4.78, 5) is 7.36. The average molecular weight is 418 g/mol. The van der Waals surface area contributed by atoms with Gasteiger partial charge in [-0.2, -0.15) is 0 Å². The Hall–Kier alpha value is -1.89. The summed E-state index contributed by atoms with van der Waals surface area (Å²) in [6.07, 6.45) is 1.33. The molecule has 2 aromatic rings. The van der Waals surface area contributed by atoms with E-state index in [9.17, 15) is 4.39 Å². The highest BCUT2D eigenvalue weighted by Gasteiger charge is 2.35. The number of oxime groups is 1. The second-order valence-corrected chi connectivity index (χ2v) is 8.59. The Bertz CT molecular complexity index is 844. The topological polar surface area (TPSA) is 40.0 Å². The maximum Gasteiger partial charge on any atom is 0.149 e. The van der Waals surface area contributed by atoms with E-state index in [1.54, 1.807) is 19.2 Å². The minimum atomic E-state index is -0.482. The highest BCUT2D eigenvalue weighted by Crippen LogP contribution is 2.39. The van der Waals surface area contributed by atoms with Gasteiger partial charge in [0.25, 0.3) is 0 Å². The van der Waals surface area contributed by atoms with Gasteiger partial charge in [0.05, 0.1) is 11.3 Å². The molecule has 4 nitrogen and oxygen atoms in total. The van der Waals surface area contributed by atoms with E-state index < -0.39 is 5.60 Å². The average Bonchev–Trinajstić information content (AvgIpc) is 2.72. The van der Waals surface area contributed by atoms with E-state index >= 15 is 0 Å². The summed E-state index contributed by atoms with van der Waals surface area (Å²) in [6, 6.07) is 13.3. The molecule has 0 N–H and O–H groups in total. The van der Waals surface area contributed by atoms with Crippen molar-refractivity contribution < 1.29 is 18.7 Å². The fourth-order valence-electron chi connectivity index (χ4n) is 3.38. The van der Waals surface area contributed by atoms with Crippen LogP contribution in [-0.4, -0.2) is 26.0 Å². The fourth-order valence-corrected chi connectivity index (χ4v) is 4.29. The van der Waals surface area contributed by atoms with Crippen LogP contribution in [0, 0.1) is 5.82 Å². The van der Waals surface area contributed by atoms with Crippen LogP contribution in [0.15, 0.2) is 57.4 Å². The summed E-state index contributed by atoms with van der Waals surface area (Å²) in [7, 11) is 1.69. The van der Waals surface area contributed by atoms with Crippen molar-refractivity contribution >= 4 is 17.5 Å². The molecular formula is C23H28FNO3S. The Kier molecular flexibility index (Phi) is 7.33. The molecule has 0 amide bonds. The van der Waals surface area contributed by atoms with E-state index in [0.717, 1.165) is 39.5 Å². The summed E-state index contributed by atoms with van der Waals surface area (Å²) < 4.78 is 25.7. The van der Waals surface area contributed by atoms with Crippen LogP contribution in [0.4, 0.5) is 4.39 Å². The van der Waals surface area contributed by atoms with Crippen molar-refractivity contribution in [3.8, 4) is 0 Å². The van der Waals surface area contributed by atoms with Crippen LogP contribution in [0.2, 0.25) is 0 Å². The van der Waals surface area contributed by atoms with Crippen molar-refractivity contribution in [2.75, 3.05) is 20.3 Å². The summed E-state index contributed by atoms with van der Waals surface area (Å²) in [5, 5.41) is 4.02. The van der Waals surface area contributed by atoms with Gasteiger partial charge in [-0.3, -0.25) is 0 Å². The molecule has 1 aliphatic heterocycles. The summed E-state index contributed by atoms with van der Waals surface area (Å²) >= 11 is 1.53. The fraction of sp³-hybridized carbons (Fsp3) is 0.435. The molecular weight excluding hydrogens is 389 g/mol. The summed E-state index contributed by atoms with van der Waals surface area (Å²) in [6.45, 7) is 7.00. The zero-order valence-electron chi connectivity index (χ0n) is 17.4. The highest BCUT2D eigenvalue weighted by atomic mass is 32.2. The lowest BCUT2D eigenvalue weighted by Crippen LogP contribution is -2.35. The lowest BCUT2D eigenvalue weighted by atomic mass is 9.86. The molecule has 2 aromatic carbocycles. The van der Waals surface area contributed by atoms with Crippen LogP contribution >= 0.6 is 11.8 Å². The molecule has 1 fully saturated rings. The Balaban J connectivity index is 1.76. The summed E-state index contributed by atoms with van der Waals surface area (Å²) in [5.74, 6) is -0.251. The summed E-state index contributed by atoms with van der Waals surface area (Å²) in [5.41, 5.74) is 2.31. The molecule has 1 atom stereocenters. The van der Waals surface area contributed by atoms with E-state index in [0.29, 0.717) is 13.2 Å². The zero-order chi connectivity index (χ0) is 20.9. The number of methoxy groups -OCH3 is 1. The molecule has 0 radical (unpaired) electrons. The van der Waals surface area contributed by atoms with Gasteiger partial charge in [-0.25, -0.2) is 4.39 Å². The molecule has 6 heteroatoms. The second-order valence-electron chi connectivity index (χ2n) is 7.44. The minimum absolute atomic E-state index is 0.125. The third kappa shape index (κ3) is 5.59. The van der Waals surface area contributed by atoms with Gasteiger partial charge in [-0.1, -0.05) is 29.1 Å². The van der Waals surface area contributed by atoms with Crippen molar-refractivity contribution in [3.63, 3.8) is 0 Å². The first-order valence-electron chi connectivity index (χ1n) is 9.81. The zero-order valence-corrected chi connectivity index (χ0v) is 18.2. The third-order valence-corrected chi connectivity index (χ3v) is 6.05. The molecule has 3 rings (SSSR count). The van der Waals surface area contributed by atoms with E-state index in [2.05, 4.69) is 5.16 Å². The molecule has 0 spiro atoms.